The molecule has 1 fully saturated rings. The Bertz CT molecular complexity index is 591. The molecule has 3 N–H and O–H groups in total. The van der Waals surface area contributed by atoms with Gasteiger partial charge in [-0.25, -0.2) is 9.78 Å². The molecule has 0 spiro atoms. The number of urea groups is 1. The summed E-state index contributed by atoms with van der Waals surface area (Å²) in [4.78, 5) is 29.8. The van der Waals surface area contributed by atoms with Crippen LogP contribution in [0, 0.1) is 0 Å². The molecular weight excluding hydrogens is 327 g/mol. The van der Waals surface area contributed by atoms with Gasteiger partial charge in [-0.2, -0.15) is 13.2 Å². The van der Waals surface area contributed by atoms with Crippen molar-refractivity contribution in [3.63, 3.8) is 0 Å². The van der Waals surface area contributed by atoms with Gasteiger partial charge in [0.2, 0.25) is 5.91 Å². The lowest BCUT2D eigenvalue weighted by molar-refractivity contribution is -0.137. The Hall–Kier alpha value is -2.36. The van der Waals surface area contributed by atoms with Crippen LogP contribution in [0.3, 0.4) is 0 Å². The standard InChI is InChI=1S/C14H18F3N5O2/c15-14(16,17)10-2-3-11(19-8-10)22-5-1-4-21(6-7-22)9-12(23)20-13(18)24/h2-3,8H,1,4-7,9H2,(H3,18,20,23,24). The average molecular weight is 345 g/mol. The molecule has 24 heavy (non-hydrogen) atoms. The fourth-order valence-corrected chi connectivity index (χ4v) is 2.48. The van der Waals surface area contributed by atoms with Crippen molar-refractivity contribution in [2.75, 3.05) is 37.6 Å². The van der Waals surface area contributed by atoms with Gasteiger partial charge in [0.15, 0.2) is 0 Å². The van der Waals surface area contributed by atoms with Gasteiger partial charge in [-0.05, 0) is 18.6 Å². The van der Waals surface area contributed by atoms with Gasteiger partial charge < -0.3 is 10.6 Å². The van der Waals surface area contributed by atoms with Gasteiger partial charge in [0.25, 0.3) is 0 Å². The number of alkyl halides is 3. The predicted octanol–water partition coefficient (Wildman–Crippen LogP) is 0.807. The Balaban J connectivity index is 1.93. The number of primary amides is 1. The van der Waals surface area contributed by atoms with E-state index in [-0.39, 0.29) is 6.54 Å². The van der Waals surface area contributed by atoms with E-state index in [1.807, 2.05) is 15.1 Å². The van der Waals surface area contributed by atoms with Gasteiger partial charge in [-0.1, -0.05) is 0 Å². The number of nitrogens with zero attached hydrogens (tertiary/aromatic N) is 3. The predicted molar refractivity (Wildman–Crippen MR) is 80.2 cm³/mol. The Morgan fingerprint density at radius 1 is 1.21 bits per heavy atom. The molecule has 10 heteroatoms. The highest BCUT2D eigenvalue weighted by molar-refractivity contribution is 5.94. The van der Waals surface area contributed by atoms with Crippen molar-refractivity contribution >= 4 is 17.8 Å². The zero-order chi connectivity index (χ0) is 17.7. The summed E-state index contributed by atoms with van der Waals surface area (Å²) < 4.78 is 37.7. The van der Waals surface area contributed by atoms with Crippen LogP contribution in [0.15, 0.2) is 18.3 Å². The van der Waals surface area contributed by atoms with Crippen LogP contribution in [0.25, 0.3) is 0 Å². The van der Waals surface area contributed by atoms with Crippen molar-refractivity contribution < 1.29 is 22.8 Å². The van der Waals surface area contributed by atoms with E-state index in [9.17, 15) is 22.8 Å². The number of imide groups is 1. The molecule has 7 nitrogen and oxygen atoms in total. The van der Waals surface area contributed by atoms with E-state index >= 15 is 0 Å². The lowest BCUT2D eigenvalue weighted by atomic mass is 10.2. The number of rotatable bonds is 3. The minimum absolute atomic E-state index is 0.0389. The van der Waals surface area contributed by atoms with Crippen LogP contribution < -0.4 is 16.0 Å². The number of carbonyl (C=O) groups is 2. The number of nitrogens with two attached hydrogens (primary N) is 1. The van der Waals surface area contributed by atoms with Crippen molar-refractivity contribution in [2.24, 2.45) is 5.73 Å². The van der Waals surface area contributed by atoms with Crippen LogP contribution in [0.5, 0.6) is 0 Å². The van der Waals surface area contributed by atoms with Crippen LogP contribution in [0.2, 0.25) is 0 Å². The van der Waals surface area contributed by atoms with E-state index < -0.39 is 23.7 Å². The second-order valence-electron chi connectivity index (χ2n) is 5.43. The summed E-state index contributed by atoms with van der Waals surface area (Å²) in [6, 6.07) is 1.45. The van der Waals surface area contributed by atoms with Crippen molar-refractivity contribution in [3.8, 4) is 0 Å². The largest absolute Gasteiger partial charge is 0.417 e. The summed E-state index contributed by atoms with van der Waals surface area (Å²) in [5.74, 6) is -0.0185. The van der Waals surface area contributed by atoms with Gasteiger partial charge in [-0.3, -0.25) is 15.0 Å². The summed E-state index contributed by atoms with van der Waals surface area (Å²) >= 11 is 0. The summed E-state index contributed by atoms with van der Waals surface area (Å²) in [6.45, 7) is 2.32. The van der Waals surface area contributed by atoms with Gasteiger partial charge in [-0.15, -0.1) is 0 Å². The van der Waals surface area contributed by atoms with E-state index in [0.717, 1.165) is 12.3 Å². The maximum atomic E-state index is 12.6. The third-order valence-corrected chi connectivity index (χ3v) is 3.62. The van der Waals surface area contributed by atoms with E-state index in [4.69, 9.17) is 5.73 Å². The normalized spacial score (nSPS) is 16.5. The number of anilines is 1. The Morgan fingerprint density at radius 3 is 2.54 bits per heavy atom. The van der Waals surface area contributed by atoms with Crippen molar-refractivity contribution in [1.82, 2.24) is 15.2 Å². The Morgan fingerprint density at radius 2 is 1.96 bits per heavy atom. The molecular formula is C14H18F3N5O2. The number of nitrogens with one attached hydrogen (secondary N) is 1. The molecule has 0 radical (unpaired) electrons. The molecule has 0 aromatic carbocycles. The number of carbonyl (C=O) groups excluding carboxylic acids is 2. The van der Waals surface area contributed by atoms with Crippen molar-refractivity contribution in [3.05, 3.63) is 23.9 Å². The first-order valence-electron chi connectivity index (χ1n) is 7.35. The van der Waals surface area contributed by atoms with Gasteiger partial charge in [0.1, 0.15) is 5.82 Å². The zero-order valence-electron chi connectivity index (χ0n) is 12.8. The van der Waals surface area contributed by atoms with Crippen molar-refractivity contribution in [2.45, 2.75) is 12.6 Å². The van der Waals surface area contributed by atoms with Crippen LogP contribution in [0.1, 0.15) is 12.0 Å². The maximum Gasteiger partial charge on any atom is 0.417 e. The lowest BCUT2D eigenvalue weighted by Crippen LogP contribution is -2.43. The van der Waals surface area contributed by atoms with Crippen LogP contribution in [-0.4, -0.2) is 54.5 Å². The second kappa shape index (κ2) is 7.47. The maximum absolute atomic E-state index is 12.6. The number of aromatic nitrogens is 1. The molecule has 1 aromatic heterocycles. The summed E-state index contributed by atoms with van der Waals surface area (Å²) in [7, 11) is 0. The molecule has 1 aliphatic heterocycles. The zero-order valence-corrected chi connectivity index (χ0v) is 12.8. The molecule has 1 aliphatic rings. The topological polar surface area (TPSA) is 91.6 Å². The Labute approximate surface area is 136 Å². The molecule has 0 saturated carbocycles. The number of pyridine rings is 1. The first kappa shape index (κ1) is 18.0. The fourth-order valence-electron chi connectivity index (χ4n) is 2.48. The molecule has 132 valence electrons. The highest BCUT2D eigenvalue weighted by Crippen LogP contribution is 2.29. The SMILES string of the molecule is NC(=O)NC(=O)CN1CCCN(c2ccc(C(F)(F)F)cn2)CC1. The minimum atomic E-state index is -4.41. The molecule has 2 rings (SSSR count). The van der Waals surface area contributed by atoms with E-state index in [0.29, 0.717) is 38.4 Å². The highest BCUT2D eigenvalue weighted by atomic mass is 19.4. The number of hydrogen-bond acceptors (Lipinski definition) is 5. The third kappa shape index (κ3) is 5.08. The van der Waals surface area contributed by atoms with Gasteiger partial charge in [0.05, 0.1) is 12.1 Å². The summed E-state index contributed by atoms with van der Waals surface area (Å²) in [5, 5.41) is 2.00. The fraction of sp³-hybridized carbons (Fsp3) is 0.500. The average Bonchev–Trinajstić information content (AvgIpc) is 2.71. The monoisotopic (exact) mass is 345 g/mol. The van der Waals surface area contributed by atoms with E-state index in [1.54, 1.807) is 0 Å². The molecule has 0 aliphatic carbocycles. The minimum Gasteiger partial charge on any atom is -0.355 e. The molecule has 0 atom stereocenters. The number of hydrogen-bond donors (Lipinski definition) is 2. The van der Waals surface area contributed by atoms with Crippen LogP contribution >= 0.6 is 0 Å². The molecule has 0 unspecified atom stereocenters. The molecule has 3 amide bonds. The van der Waals surface area contributed by atoms with Crippen LogP contribution in [0.4, 0.5) is 23.8 Å². The quantitative estimate of drug-likeness (QED) is 0.846. The van der Waals surface area contributed by atoms with Gasteiger partial charge >= 0.3 is 12.2 Å². The third-order valence-electron chi connectivity index (χ3n) is 3.62. The van der Waals surface area contributed by atoms with E-state index in [1.165, 1.54) is 6.07 Å². The van der Waals surface area contributed by atoms with Crippen molar-refractivity contribution in [1.29, 1.82) is 0 Å². The van der Waals surface area contributed by atoms with E-state index in [2.05, 4.69) is 4.98 Å². The van der Waals surface area contributed by atoms with Gasteiger partial charge in [0, 0.05) is 32.4 Å². The summed E-state index contributed by atoms with van der Waals surface area (Å²) in [5.41, 5.74) is 4.10. The second-order valence-corrected chi connectivity index (χ2v) is 5.43. The number of halogens is 3. The Kier molecular flexibility index (Phi) is 5.60. The smallest absolute Gasteiger partial charge is 0.355 e. The lowest BCUT2D eigenvalue weighted by Gasteiger charge is -2.22. The van der Waals surface area contributed by atoms with Crippen LogP contribution in [-0.2, 0) is 11.0 Å². The first-order valence-corrected chi connectivity index (χ1v) is 7.35. The highest BCUT2D eigenvalue weighted by Gasteiger charge is 2.31. The number of amides is 3. The first-order chi connectivity index (χ1) is 11.3. The summed E-state index contributed by atoms with van der Waals surface area (Å²) in [6.07, 6.45) is -2.88. The molecule has 1 saturated heterocycles. The molecule has 1 aromatic rings. The molecule has 2 heterocycles. The molecule has 0 bridgehead atoms.